The summed E-state index contributed by atoms with van der Waals surface area (Å²) in [5.74, 6) is -0.246. The molecule has 7 nitrogen and oxygen atoms in total. The molecule has 1 aromatic carbocycles. The second-order valence-electron chi connectivity index (χ2n) is 5.62. The van der Waals surface area contributed by atoms with Crippen LogP contribution in [-0.2, 0) is 19.1 Å². The number of ether oxygens (including phenoxy) is 2. The summed E-state index contributed by atoms with van der Waals surface area (Å²) in [5, 5.41) is 3.24. The normalized spacial score (nSPS) is 13.0. The first kappa shape index (κ1) is 19.1. The summed E-state index contributed by atoms with van der Waals surface area (Å²) < 4.78 is 9.90. The molecule has 0 aliphatic carbocycles. The number of hydrogen-bond donors (Lipinski definition) is 1. The summed E-state index contributed by atoms with van der Waals surface area (Å²) in [5.41, 5.74) is 0.497. The SMILES string of the molecule is COC(=O)CCCCCNC(=O)CN1C(=O)COc2ccc(Cl)cc21. The van der Waals surface area contributed by atoms with Crippen molar-refractivity contribution >= 4 is 35.1 Å². The number of nitrogens with zero attached hydrogens (tertiary/aromatic N) is 1. The van der Waals surface area contributed by atoms with E-state index in [4.69, 9.17) is 16.3 Å². The number of unbranched alkanes of at least 4 members (excludes halogenated alkanes) is 2. The number of halogens is 1. The molecule has 1 aromatic rings. The van der Waals surface area contributed by atoms with Gasteiger partial charge in [0.25, 0.3) is 5.91 Å². The molecule has 25 heavy (non-hydrogen) atoms. The average Bonchev–Trinajstić information content (AvgIpc) is 2.60. The highest BCUT2D eigenvalue weighted by atomic mass is 35.5. The van der Waals surface area contributed by atoms with Gasteiger partial charge >= 0.3 is 5.97 Å². The molecular weight excluding hydrogens is 348 g/mol. The number of esters is 1. The molecule has 2 amide bonds. The Morgan fingerprint density at radius 1 is 1.32 bits per heavy atom. The molecule has 1 N–H and O–H groups in total. The fraction of sp³-hybridized carbons (Fsp3) is 0.471. The smallest absolute Gasteiger partial charge is 0.305 e. The van der Waals surface area contributed by atoms with E-state index in [0.29, 0.717) is 29.4 Å². The molecule has 0 bridgehead atoms. The molecule has 0 unspecified atom stereocenters. The lowest BCUT2D eigenvalue weighted by atomic mass is 10.2. The lowest BCUT2D eigenvalue weighted by Crippen LogP contribution is -2.45. The van der Waals surface area contributed by atoms with Gasteiger partial charge in [-0.05, 0) is 31.0 Å². The number of rotatable bonds is 8. The Bertz CT molecular complexity index is 650. The monoisotopic (exact) mass is 368 g/mol. The second-order valence-corrected chi connectivity index (χ2v) is 6.05. The minimum Gasteiger partial charge on any atom is -0.482 e. The van der Waals surface area contributed by atoms with Crippen LogP contribution in [0.4, 0.5) is 5.69 Å². The first-order valence-electron chi connectivity index (χ1n) is 8.07. The molecule has 2 rings (SSSR count). The standard InChI is InChI=1S/C17H21ClN2O5/c1-24-17(23)5-3-2-4-8-19-15(21)10-20-13-9-12(18)6-7-14(13)25-11-16(20)22/h6-7,9H,2-5,8,10-11H2,1H3,(H,19,21). The zero-order valence-corrected chi connectivity index (χ0v) is 14.8. The number of methoxy groups -OCH3 is 1. The molecule has 0 aromatic heterocycles. The predicted octanol–water partition coefficient (Wildman–Crippen LogP) is 1.92. The first-order chi connectivity index (χ1) is 12.0. The fourth-order valence-corrected chi connectivity index (χ4v) is 2.62. The van der Waals surface area contributed by atoms with Crippen LogP contribution in [0.1, 0.15) is 25.7 Å². The lowest BCUT2D eigenvalue weighted by Gasteiger charge is -2.29. The van der Waals surface area contributed by atoms with Crippen LogP contribution in [0.15, 0.2) is 18.2 Å². The van der Waals surface area contributed by atoms with Crippen LogP contribution in [-0.4, -0.2) is 44.6 Å². The number of hydrogen-bond acceptors (Lipinski definition) is 5. The summed E-state index contributed by atoms with van der Waals surface area (Å²) in [6.07, 6.45) is 2.66. The predicted molar refractivity (Wildman–Crippen MR) is 92.8 cm³/mol. The van der Waals surface area contributed by atoms with Crippen molar-refractivity contribution in [2.24, 2.45) is 0 Å². The van der Waals surface area contributed by atoms with Gasteiger partial charge in [0.1, 0.15) is 12.3 Å². The van der Waals surface area contributed by atoms with Crippen LogP contribution in [0.2, 0.25) is 5.02 Å². The number of amides is 2. The summed E-state index contributed by atoms with van der Waals surface area (Å²) in [6, 6.07) is 4.95. The third-order valence-electron chi connectivity index (χ3n) is 3.77. The minimum atomic E-state index is -0.289. The molecule has 0 spiro atoms. The van der Waals surface area contributed by atoms with Crippen molar-refractivity contribution in [3.8, 4) is 5.75 Å². The quantitative estimate of drug-likeness (QED) is 0.559. The van der Waals surface area contributed by atoms with Crippen molar-refractivity contribution in [2.75, 3.05) is 31.7 Å². The summed E-state index contributed by atoms with van der Waals surface area (Å²) in [7, 11) is 1.36. The molecule has 0 atom stereocenters. The van der Waals surface area contributed by atoms with Crippen LogP contribution < -0.4 is 15.0 Å². The molecule has 0 saturated heterocycles. The summed E-state index contributed by atoms with van der Waals surface area (Å²) >= 11 is 5.96. The Labute approximate surface area is 151 Å². The third-order valence-corrected chi connectivity index (χ3v) is 4.01. The number of carbonyl (C=O) groups is 3. The van der Waals surface area contributed by atoms with Gasteiger partial charge in [0, 0.05) is 18.0 Å². The first-order valence-corrected chi connectivity index (χ1v) is 8.45. The van der Waals surface area contributed by atoms with Crippen LogP contribution >= 0.6 is 11.6 Å². The highest BCUT2D eigenvalue weighted by Crippen LogP contribution is 2.34. The van der Waals surface area contributed by atoms with Gasteiger partial charge in [-0.25, -0.2) is 0 Å². The van der Waals surface area contributed by atoms with E-state index in [9.17, 15) is 14.4 Å². The fourth-order valence-electron chi connectivity index (χ4n) is 2.45. The van der Waals surface area contributed by atoms with Crippen LogP contribution in [0.5, 0.6) is 5.75 Å². The van der Waals surface area contributed by atoms with E-state index in [1.165, 1.54) is 12.0 Å². The zero-order chi connectivity index (χ0) is 18.2. The van der Waals surface area contributed by atoms with Crippen molar-refractivity contribution < 1.29 is 23.9 Å². The Hall–Kier alpha value is -2.28. The molecule has 1 heterocycles. The van der Waals surface area contributed by atoms with Crippen molar-refractivity contribution in [3.63, 3.8) is 0 Å². The van der Waals surface area contributed by atoms with Crippen LogP contribution in [0.25, 0.3) is 0 Å². The molecule has 136 valence electrons. The maximum atomic E-state index is 12.1. The van der Waals surface area contributed by atoms with Crippen molar-refractivity contribution in [1.29, 1.82) is 0 Å². The highest BCUT2D eigenvalue weighted by molar-refractivity contribution is 6.31. The molecule has 0 radical (unpaired) electrons. The topological polar surface area (TPSA) is 84.9 Å². The Balaban J connectivity index is 1.78. The lowest BCUT2D eigenvalue weighted by molar-refractivity contribution is -0.140. The molecule has 0 fully saturated rings. The van der Waals surface area contributed by atoms with E-state index < -0.39 is 0 Å². The Morgan fingerprint density at radius 3 is 2.88 bits per heavy atom. The molecule has 8 heteroatoms. The van der Waals surface area contributed by atoms with E-state index in [1.807, 2.05) is 0 Å². The van der Waals surface area contributed by atoms with Gasteiger partial charge in [0.2, 0.25) is 5.91 Å². The molecule has 1 aliphatic rings. The maximum Gasteiger partial charge on any atom is 0.305 e. The van der Waals surface area contributed by atoms with Gasteiger partial charge in [-0.2, -0.15) is 0 Å². The van der Waals surface area contributed by atoms with Crippen LogP contribution in [0.3, 0.4) is 0 Å². The molecular formula is C17H21ClN2O5. The van der Waals surface area contributed by atoms with E-state index in [0.717, 1.165) is 19.3 Å². The van der Waals surface area contributed by atoms with Crippen molar-refractivity contribution in [1.82, 2.24) is 5.32 Å². The zero-order valence-electron chi connectivity index (χ0n) is 14.0. The highest BCUT2D eigenvalue weighted by Gasteiger charge is 2.27. The largest absolute Gasteiger partial charge is 0.482 e. The van der Waals surface area contributed by atoms with E-state index in [-0.39, 0.29) is 30.9 Å². The van der Waals surface area contributed by atoms with Gasteiger partial charge in [-0.15, -0.1) is 0 Å². The van der Waals surface area contributed by atoms with Crippen molar-refractivity contribution in [3.05, 3.63) is 23.2 Å². The van der Waals surface area contributed by atoms with Gasteiger partial charge in [0.05, 0.1) is 12.8 Å². The Morgan fingerprint density at radius 2 is 2.12 bits per heavy atom. The van der Waals surface area contributed by atoms with E-state index >= 15 is 0 Å². The van der Waals surface area contributed by atoms with E-state index in [2.05, 4.69) is 10.1 Å². The van der Waals surface area contributed by atoms with E-state index in [1.54, 1.807) is 18.2 Å². The van der Waals surface area contributed by atoms with Gasteiger partial charge < -0.3 is 14.8 Å². The minimum absolute atomic E-state index is 0.0856. The van der Waals surface area contributed by atoms with Gasteiger partial charge in [-0.3, -0.25) is 19.3 Å². The number of carbonyl (C=O) groups excluding carboxylic acids is 3. The third kappa shape index (κ3) is 5.63. The Kier molecular flexibility index (Phi) is 7.06. The second kappa shape index (κ2) is 9.27. The summed E-state index contributed by atoms with van der Waals surface area (Å²) in [6.45, 7) is 0.300. The van der Waals surface area contributed by atoms with Crippen LogP contribution in [0, 0.1) is 0 Å². The van der Waals surface area contributed by atoms with Crippen molar-refractivity contribution in [2.45, 2.75) is 25.7 Å². The summed E-state index contributed by atoms with van der Waals surface area (Å²) in [4.78, 5) is 36.5. The number of fused-ring (bicyclic) bond motifs is 1. The number of anilines is 1. The average molecular weight is 369 g/mol. The maximum absolute atomic E-state index is 12.1. The molecule has 1 aliphatic heterocycles. The van der Waals surface area contributed by atoms with Gasteiger partial charge in [-0.1, -0.05) is 18.0 Å². The number of nitrogens with one attached hydrogen (secondary N) is 1. The van der Waals surface area contributed by atoms with Gasteiger partial charge in [0.15, 0.2) is 6.61 Å². The molecule has 0 saturated carbocycles. The number of benzene rings is 1.